The third-order valence-electron chi connectivity index (χ3n) is 3.09. The van der Waals surface area contributed by atoms with Gasteiger partial charge in [-0.1, -0.05) is 17.9 Å². The van der Waals surface area contributed by atoms with E-state index in [0.29, 0.717) is 12.0 Å². The number of carbonyl (C=O) groups is 1. The molecule has 2 N–H and O–H groups in total. The fourth-order valence-corrected chi connectivity index (χ4v) is 2.37. The fourth-order valence-electron chi connectivity index (χ4n) is 1.79. The SMILES string of the molecule is CSCCC(C)NC(=O)c1ccc(C)c(C#CCCO)c1. The van der Waals surface area contributed by atoms with Gasteiger partial charge in [-0.15, -0.1) is 0 Å². The number of aliphatic hydroxyl groups excluding tert-OH is 1. The number of hydrogen-bond acceptors (Lipinski definition) is 3. The summed E-state index contributed by atoms with van der Waals surface area (Å²) in [6.07, 6.45) is 3.47. The van der Waals surface area contributed by atoms with Crippen LogP contribution in [-0.2, 0) is 0 Å². The van der Waals surface area contributed by atoms with Gasteiger partial charge in [0.15, 0.2) is 0 Å². The monoisotopic (exact) mass is 305 g/mol. The van der Waals surface area contributed by atoms with E-state index in [1.807, 2.05) is 32.0 Å². The number of aryl methyl sites for hydroxylation is 1. The lowest BCUT2D eigenvalue weighted by molar-refractivity contribution is 0.0939. The molecule has 1 aromatic carbocycles. The van der Waals surface area contributed by atoms with Crippen LogP contribution in [0.15, 0.2) is 18.2 Å². The number of carbonyl (C=O) groups excluding carboxylic acids is 1. The molecule has 0 saturated heterocycles. The minimum absolute atomic E-state index is 0.0547. The summed E-state index contributed by atoms with van der Waals surface area (Å²) in [6, 6.07) is 5.71. The molecule has 0 radical (unpaired) electrons. The number of amides is 1. The number of rotatable bonds is 6. The highest BCUT2D eigenvalue weighted by Gasteiger charge is 2.10. The van der Waals surface area contributed by atoms with Gasteiger partial charge in [-0.05, 0) is 50.0 Å². The van der Waals surface area contributed by atoms with E-state index in [1.54, 1.807) is 11.8 Å². The maximum absolute atomic E-state index is 12.2. The van der Waals surface area contributed by atoms with E-state index in [4.69, 9.17) is 5.11 Å². The van der Waals surface area contributed by atoms with Crippen LogP contribution < -0.4 is 5.32 Å². The molecule has 1 rings (SSSR count). The Hall–Kier alpha value is -1.44. The van der Waals surface area contributed by atoms with Gasteiger partial charge in [-0.3, -0.25) is 4.79 Å². The Balaban J connectivity index is 2.77. The lowest BCUT2D eigenvalue weighted by Crippen LogP contribution is -2.33. The Morgan fingerprint density at radius 2 is 2.24 bits per heavy atom. The normalized spacial score (nSPS) is 11.4. The Bertz CT molecular complexity index is 531. The Kier molecular flexibility index (Phi) is 7.96. The van der Waals surface area contributed by atoms with E-state index in [9.17, 15) is 4.79 Å². The van der Waals surface area contributed by atoms with E-state index < -0.39 is 0 Å². The molecule has 1 amide bonds. The summed E-state index contributed by atoms with van der Waals surface area (Å²) < 4.78 is 0. The predicted molar refractivity (Wildman–Crippen MR) is 89.7 cm³/mol. The number of thioether (sulfide) groups is 1. The first-order valence-electron chi connectivity index (χ1n) is 7.08. The molecule has 0 fully saturated rings. The van der Waals surface area contributed by atoms with Crippen LogP contribution in [0.3, 0.4) is 0 Å². The molecule has 0 heterocycles. The third-order valence-corrected chi connectivity index (χ3v) is 3.74. The molecule has 0 saturated carbocycles. The molecule has 4 heteroatoms. The van der Waals surface area contributed by atoms with Crippen LogP contribution in [-0.4, -0.2) is 35.7 Å². The van der Waals surface area contributed by atoms with Crippen LogP contribution in [0.1, 0.15) is 41.3 Å². The molecule has 0 aromatic heterocycles. The van der Waals surface area contributed by atoms with Gasteiger partial charge in [0, 0.05) is 23.6 Å². The van der Waals surface area contributed by atoms with Crippen LogP contribution in [0.5, 0.6) is 0 Å². The molecule has 0 spiro atoms. The first-order chi connectivity index (χ1) is 10.1. The van der Waals surface area contributed by atoms with Crippen molar-refractivity contribution < 1.29 is 9.90 Å². The summed E-state index contributed by atoms with van der Waals surface area (Å²) in [5, 5.41) is 11.8. The second kappa shape index (κ2) is 9.49. The summed E-state index contributed by atoms with van der Waals surface area (Å²) in [6.45, 7) is 4.04. The van der Waals surface area contributed by atoms with E-state index in [-0.39, 0.29) is 18.6 Å². The average molecular weight is 305 g/mol. The van der Waals surface area contributed by atoms with Crippen molar-refractivity contribution in [2.45, 2.75) is 32.7 Å². The highest BCUT2D eigenvalue weighted by atomic mass is 32.2. The van der Waals surface area contributed by atoms with Gasteiger partial charge >= 0.3 is 0 Å². The number of nitrogens with one attached hydrogen (secondary N) is 1. The molecule has 1 unspecified atom stereocenters. The third kappa shape index (κ3) is 6.24. The molecule has 3 nitrogen and oxygen atoms in total. The van der Waals surface area contributed by atoms with Crippen LogP contribution in [0.25, 0.3) is 0 Å². The molecule has 0 aliphatic carbocycles. The first-order valence-corrected chi connectivity index (χ1v) is 8.48. The van der Waals surface area contributed by atoms with E-state index in [2.05, 4.69) is 23.4 Å². The van der Waals surface area contributed by atoms with Gasteiger partial charge in [-0.25, -0.2) is 0 Å². The summed E-state index contributed by atoms with van der Waals surface area (Å²) >= 11 is 1.78. The molecule has 0 bridgehead atoms. The quantitative estimate of drug-likeness (QED) is 0.794. The highest BCUT2D eigenvalue weighted by Crippen LogP contribution is 2.11. The fraction of sp³-hybridized carbons (Fsp3) is 0.471. The van der Waals surface area contributed by atoms with Crippen molar-refractivity contribution >= 4 is 17.7 Å². The van der Waals surface area contributed by atoms with Gasteiger partial charge in [0.25, 0.3) is 5.91 Å². The standard InChI is InChI=1S/C17H23NO2S/c1-13-7-8-16(12-15(13)6-4-5-10-19)17(20)18-14(2)9-11-21-3/h7-8,12,14,19H,5,9-11H2,1-3H3,(H,18,20). The molecule has 0 aliphatic heterocycles. The van der Waals surface area contributed by atoms with Gasteiger partial charge in [0.2, 0.25) is 0 Å². The van der Waals surface area contributed by atoms with Crippen molar-refractivity contribution in [2.24, 2.45) is 0 Å². The van der Waals surface area contributed by atoms with Crippen molar-refractivity contribution in [2.75, 3.05) is 18.6 Å². The predicted octanol–water partition coefficient (Wildman–Crippen LogP) is 2.60. The minimum Gasteiger partial charge on any atom is -0.395 e. The average Bonchev–Trinajstić information content (AvgIpc) is 2.47. The Morgan fingerprint density at radius 1 is 1.48 bits per heavy atom. The van der Waals surface area contributed by atoms with Crippen LogP contribution in [0, 0.1) is 18.8 Å². The highest BCUT2D eigenvalue weighted by molar-refractivity contribution is 7.98. The molecular weight excluding hydrogens is 282 g/mol. The maximum Gasteiger partial charge on any atom is 0.251 e. The molecule has 1 aromatic rings. The topological polar surface area (TPSA) is 49.3 Å². The second-order valence-electron chi connectivity index (χ2n) is 4.96. The maximum atomic E-state index is 12.2. The zero-order valence-electron chi connectivity index (χ0n) is 12.9. The molecule has 1 atom stereocenters. The number of aliphatic hydroxyl groups is 1. The van der Waals surface area contributed by atoms with Crippen molar-refractivity contribution in [3.63, 3.8) is 0 Å². The molecule has 0 aliphatic rings. The minimum atomic E-state index is -0.0613. The van der Waals surface area contributed by atoms with Crippen molar-refractivity contribution in [3.8, 4) is 11.8 Å². The van der Waals surface area contributed by atoms with E-state index >= 15 is 0 Å². The zero-order chi connectivity index (χ0) is 15.7. The smallest absolute Gasteiger partial charge is 0.251 e. The lowest BCUT2D eigenvalue weighted by Gasteiger charge is -2.13. The van der Waals surface area contributed by atoms with Crippen molar-refractivity contribution in [3.05, 3.63) is 34.9 Å². The second-order valence-corrected chi connectivity index (χ2v) is 5.95. The first kappa shape index (κ1) is 17.6. The summed E-state index contributed by atoms with van der Waals surface area (Å²) in [5.74, 6) is 6.87. The summed E-state index contributed by atoms with van der Waals surface area (Å²) in [4.78, 5) is 12.2. The molecule has 114 valence electrons. The van der Waals surface area contributed by atoms with Gasteiger partial charge in [0.05, 0.1) is 6.61 Å². The van der Waals surface area contributed by atoms with E-state index in [1.165, 1.54) is 0 Å². The van der Waals surface area contributed by atoms with Gasteiger partial charge < -0.3 is 10.4 Å². The largest absolute Gasteiger partial charge is 0.395 e. The number of hydrogen-bond donors (Lipinski definition) is 2. The van der Waals surface area contributed by atoms with Crippen molar-refractivity contribution in [1.82, 2.24) is 5.32 Å². The Morgan fingerprint density at radius 3 is 2.90 bits per heavy atom. The van der Waals surface area contributed by atoms with Gasteiger partial charge in [-0.2, -0.15) is 11.8 Å². The zero-order valence-corrected chi connectivity index (χ0v) is 13.7. The van der Waals surface area contributed by atoms with E-state index in [0.717, 1.165) is 23.3 Å². The number of benzene rings is 1. The Labute approximate surface area is 131 Å². The summed E-state index contributed by atoms with van der Waals surface area (Å²) in [5.41, 5.74) is 2.50. The van der Waals surface area contributed by atoms with Gasteiger partial charge in [0.1, 0.15) is 0 Å². The lowest BCUT2D eigenvalue weighted by atomic mass is 10.0. The van der Waals surface area contributed by atoms with Crippen LogP contribution >= 0.6 is 11.8 Å². The van der Waals surface area contributed by atoms with Crippen LogP contribution in [0.4, 0.5) is 0 Å². The van der Waals surface area contributed by atoms with Crippen molar-refractivity contribution in [1.29, 1.82) is 0 Å². The molecular formula is C17H23NO2S. The van der Waals surface area contributed by atoms with Crippen LogP contribution in [0.2, 0.25) is 0 Å². The summed E-state index contributed by atoms with van der Waals surface area (Å²) in [7, 11) is 0. The molecule has 21 heavy (non-hydrogen) atoms.